The maximum Gasteiger partial charge on any atom is 0.354 e. The van der Waals surface area contributed by atoms with Crippen LogP contribution in [0.1, 0.15) is 38.3 Å². The summed E-state index contributed by atoms with van der Waals surface area (Å²) in [6, 6.07) is 21.6. The number of hydrogen-bond acceptors (Lipinski definition) is 4. The molecule has 7 heteroatoms. The summed E-state index contributed by atoms with van der Waals surface area (Å²) in [5.41, 5.74) is 6.39. The zero-order valence-electron chi connectivity index (χ0n) is 18.7. The summed E-state index contributed by atoms with van der Waals surface area (Å²) < 4.78 is 29.1. The van der Waals surface area contributed by atoms with E-state index in [1.165, 1.54) is 17.8 Å². The van der Waals surface area contributed by atoms with Crippen molar-refractivity contribution in [2.24, 2.45) is 0 Å². The summed E-state index contributed by atoms with van der Waals surface area (Å²) in [6.07, 6.45) is 2.10. The Morgan fingerprint density at radius 2 is 1.63 bits per heavy atom. The Kier molecular flexibility index (Phi) is 5.59. The van der Waals surface area contributed by atoms with E-state index in [4.69, 9.17) is 5.11 Å². The molecule has 0 bridgehead atoms. The van der Waals surface area contributed by atoms with Crippen LogP contribution in [0.3, 0.4) is 0 Å². The van der Waals surface area contributed by atoms with E-state index in [0.29, 0.717) is 28.8 Å². The zero-order valence-corrected chi connectivity index (χ0v) is 19.6. The fraction of sp³-hybridized carbons (Fsp3) is 0.0714. The molecule has 6 nitrogen and oxygen atoms in total. The summed E-state index contributed by atoms with van der Waals surface area (Å²) in [6.45, 7) is 1.75. The van der Waals surface area contributed by atoms with Gasteiger partial charge in [-0.15, -0.1) is 0 Å². The smallest absolute Gasteiger partial charge is 0.354 e. The number of aromatic carboxylic acids is 1. The number of benzene rings is 3. The number of aromatic nitrogens is 1. The van der Waals surface area contributed by atoms with Crippen molar-refractivity contribution in [2.45, 2.75) is 18.2 Å². The molecule has 0 saturated carbocycles. The van der Waals surface area contributed by atoms with E-state index in [1.54, 1.807) is 43.3 Å². The Morgan fingerprint density at radius 3 is 2.43 bits per heavy atom. The van der Waals surface area contributed by atoms with Crippen molar-refractivity contribution >= 4 is 21.7 Å². The number of pyridine rings is 1. The van der Waals surface area contributed by atoms with E-state index < -0.39 is 16.0 Å². The summed E-state index contributed by atoms with van der Waals surface area (Å²) in [5.74, 6) is 4.84. The lowest BCUT2D eigenvalue weighted by Crippen LogP contribution is -2.14. The van der Waals surface area contributed by atoms with Gasteiger partial charge in [0.1, 0.15) is 5.69 Å². The number of anilines is 1. The first-order chi connectivity index (χ1) is 16.8. The summed E-state index contributed by atoms with van der Waals surface area (Å²) in [5, 5.41) is 9.08. The highest BCUT2D eigenvalue weighted by Gasteiger charge is 2.22. The van der Waals surface area contributed by atoms with Crippen LogP contribution >= 0.6 is 0 Å². The van der Waals surface area contributed by atoms with E-state index in [0.717, 1.165) is 16.7 Å². The minimum Gasteiger partial charge on any atom is -0.477 e. The highest BCUT2D eigenvalue weighted by molar-refractivity contribution is 7.92. The molecule has 0 spiro atoms. The number of para-hydroxylation sites is 1. The molecule has 4 aromatic rings. The van der Waals surface area contributed by atoms with Crippen LogP contribution in [0.25, 0.3) is 11.1 Å². The van der Waals surface area contributed by atoms with Crippen molar-refractivity contribution in [3.05, 3.63) is 113 Å². The number of nitrogens with one attached hydrogen (secondary N) is 1. The third-order valence-electron chi connectivity index (χ3n) is 5.91. The van der Waals surface area contributed by atoms with Crippen LogP contribution in [0, 0.1) is 18.8 Å². The third kappa shape index (κ3) is 4.39. The van der Waals surface area contributed by atoms with Crippen LogP contribution in [-0.4, -0.2) is 24.5 Å². The van der Waals surface area contributed by atoms with Gasteiger partial charge in [-0.1, -0.05) is 54.3 Å². The number of carboxylic acids is 1. The number of aryl methyl sites for hydroxylation is 1. The van der Waals surface area contributed by atoms with Gasteiger partial charge < -0.3 is 5.11 Å². The number of rotatable bonds is 4. The van der Waals surface area contributed by atoms with Crippen LogP contribution in [-0.2, 0) is 16.4 Å². The first-order valence-electron chi connectivity index (χ1n) is 10.9. The van der Waals surface area contributed by atoms with Gasteiger partial charge in [0.15, 0.2) is 0 Å². The van der Waals surface area contributed by atoms with Crippen LogP contribution in [0.4, 0.5) is 5.69 Å². The van der Waals surface area contributed by atoms with Crippen molar-refractivity contribution in [2.75, 3.05) is 4.72 Å². The average Bonchev–Trinajstić information content (AvgIpc) is 3.22. The number of carbonyl (C=O) groups is 1. The number of sulfonamides is 1. The van der Waals surface area contributed by atoms with E-state index >= 15 is 0 Å². The van der Waals surface area contributed by atoms with Gasteiger partial charge in [0.25, 0.3) is 10.0 Å². The van der Waals surface area contributed by atoms with Gasteiger partial charge in [-0.05, 0) is 71.5 Å². The highest BCUT2D eigenvalue weighted by Crippen LogP contribution is 2.37. The Balaban J connectivity index is 1.43. The van der Waals surface area contributed by atoms with Gasteiger partial charge in [0, 0.05) is 17.3 Å². The lowest BCUT2D eigenvalue weighted by atomic mass is 10.1. The van der Waals surface area contributed by atoms with Crippen molar-refractivity contribution in [1.82, 2.24) is 4.98 Å². The normalized spacial score (nSPS) is 11.7. The molecule has 0 fully saturated rings. The predicted octanol–water partition coefficient (Wildman–Crippen LogP) is 4.86. The quantitative estimate of drug-likeness (QED) is 0.358. The molecule has 3 aromatic carbocycles. The molecule has 1 aliphatic rings. The second kappa shape index (κ2) is 8.75. The summed E-state index contributed by atoms with van der Waals surface area (Å²) in [7, 11) is -3.85. The van der Waals surface area contributed by atoms with Crippen molar-refractivity contribution in [3.63, 3.8) is 0 Å². The standard InChI is InChI=1S/C28H20N2O4S/c1-18-14-27(28(31)32)29-17-21(18)11-10-19-6-3-5-9-26(19)30-35(33,34)23-12-13-25-22(16-23)15-20-7-2-4-8-24(20)25/h2-9,12-14,16-17,30H,15H2,1H3,(H,31,32). The SMILES string of the molecule is Cc1cc(C(=O)O)ncc1C#Cc1ccccc1NS(=O)(=O)c1ccc2c(c1)Cc1ccccc1-2. The van der Waals surface area contributed by atoms with Crippen LogP contribution in [0.15, 0.2) is 83.9 Å². The van der Waals surface area contributed by atoms with Crippen LogP contribution < -0.4 is 4.72 Å². The number of carboxylic acid groups (broad SMARTS) is 1. The van der Waals surface area contributed by atoms with Crippen LogP contribution in [0.5, 0.6) is 0 Å². The molecule has 1 aromatic heterocycles. The summed E-state index contributed by atoms with van der Waals surface area (Å²) >= 11 is 0. The lowest BCUT2D eigenvalue weighted by molar-refractivity contribution is 0.0690. The molecule has 0 atom stereocenters. The Hall–Kier alpha value is -4.41. The van der Waals surface area contributed by atoms with Gasteiger partial charge in [0.05, 0.1) is 10.6 Å². The second-order valence-electron chi connectivity index (χ2n) is 8.24. The molecule has 5 rings (SSSR count). The molecular formula is C28H20N2O4S. The molecule has 0 saturated heterocycles. The lowest BCUT2D eigenvalue weighted by Gasteiger charge is -2.11. The first-order valence-corrected chi connectivity index (χ1v) is 12.4. The topological polar surface area (TPSA) is 96.4 Å². The Morgan fingerprint density at radius 1 is 0.914 bits per heavy atom. The van der Waals surface area contributed by atoms with Crippen molar-refractivity contribution in [1.29, 1.82) is 0 Å². The Bertz CT molecular complexity index is 1660. The molecule has 1 heterocycles. The predicted molar refractivity (Wildman–Crippen MR) is 134 cm³/mol. The fourth-order valence-electron chi connectivity index (χ4n) is 4.11. The molecule has 0 unspecified atom stereocenters. The molecule has 0 radical (unpaired) electrons. The van der Waals surface area contributed by atoms with Crippen LogP contribution in [0.2, 0.25) is 0 Å². The number of fused-ring (bicyclic) bond motifs is 3. The molecular weight excluding hydrogens is 460 g/mol. The second-order valence-corrected chi connectivity index (χ2v) is 9.93. The Labute approximate surface area is 203 Å². The van der Waals surface area contributed by atoms with Gasteiger partial charge in [-0.3, -0.25) is 4.72 Å². The highest BCUT2D eigenvalue weighted by atomic mass is 32.2. The maximum atomic E-state index is 13.2. The number of nitrogens with zero attached hydrogens (tertiary/aromatic N) is 1. The van der Waals surface area contributed by atoms with Gasteiger partial charge in [-0.25, -0.2) is 18.2 Å². The minimum atomic E-state index is -3.85. The molecule has 2 N–H and O–H groups in total. The van der Waals surface area contributed by atoms with Crippen molar-refractivity contribution < 1.29 is 18.3 Å². The summed E-state index contributed by atoms with van der Waals surface area (Å²) in [4.78, 5) is 15.2. The molecule has 0 amide bonds. The molecule has 172 valence electrons. The average molecular weight is 481 g/mol. The van der Waals surface area contributed by atoms with Gasteiger partial charge >= 0.3 is 5.97 Å². The zero-order chi connectivity index (χ0) is 24.6. The van der Waals surface area contributed by atoms with Crippen molar-refractivity contribution in [3.8, 4) is 23.0 Å². The molecule has 0 aliphatic heterocycles. The van der Waals surface area contributed by atoms with E-state index in [-0.39, 0.29) is 10.6 Å². The monoisotopic (exact) mass is 480 g/mol. The third-order valence-corrected chi connectivity index (χ3v) is 7.27. The van der Waals surface area contributed by atoms with Gasteiger partial charge in [-0.2, -0.15) is 0 Å². The maximum absolute atomic E-state index is 13.2. The molecule has 1 aliphatic carbocycles. The molecule has 35 heavy (non-hydrogen) atoms. The first kappa shape index (κ1) is 22.4. The van der Waals surface area contributed by atoms with E-state index in [1.807, 2.05) is 18.2 Å². The largest absolute Gasteiger partial charge is 0.477 e. The minimum absolute atomic E-state index is 0.0568. The van der Waals surface area contributed by atoms with E-state index in [2.05, 4.69) is 33.7 Å². The van der Waals surface area contributed by atoms with E-state index in [9.17, 15) is 13.2 Å². The van der Waals surface area contributed by atoms with Gasteiger partial charge in [0.2, 0.25) is 0 Å². The fourth-order valence-corrected chi connectivity index (χ4v) is 5.24. The number of hydrogen-bond donors (Lipinski definition) is 2.